The molecule has 2 aromatic rings. The van der Waals surface area contributed by atoms with Gasteiger partial charge in [-0.05, 0) is 59.3 Å². The summed E-state index contributed by atoms with van der Waals surface area (Å²) < 4.78 is 32.3. The highest BCUT2D eigenvalue weighted by Crippen LogP contribution is 2.32. The van der Waals surface area contributed by atoms with Gasteiger partial charge in [0.05, 0.1) is 9.26 Å². The molecule has 2 N–H and O–H groups in total. The van der Waals surface area contributed by atoms with Gasteiger partial charge in [-0.1, -0.05) is 0 Å². The van der Waals surface area contributed by atoms with Gasteiger partial charge < -0.3 is 10.5 Å². The van der Waals surface area contributed by atoms with Crippen LogP contribution in [-0.4, -0.2) is 0 Å². The second kappa shape index (κ2) is 5.09. The minimum Gasteiger partial charge on any atom is -0.455 e. The summed E-state index contributed by atoms with van der Waals surface area (Å²) in [5.74, 6) is -0.0764. The first-order valence-corrected chi connectivity index (χ1v) is 6.24. The first kappa shape index (κ1) is 13.1. The number of rotatable bonds is 2. The van der Waals surface area contributed by atoms with E-state index in [1.807, 2.05) is 22.6 Å². The molecular weight excluding hydrogens is 351 g/mol. The summed E-state index contributed by atoms with van der Waals surface area (Å²) in [6.45, 7) is 1.71. The van der Waals surface area contributed by atoms with Crippen molar-refractivity contribution in [2.24, 2.45) is 0 Å². The second-order valence-electron chi connectivity index (χ2n) is 3.82. The molecule has 0 heterocycles. The maximum absolute atomic E-state index is 13.4. The summed E-state index contributed by atoms with van der Waals surface area (Å²) in [4.78, 5) is 0. The highest BCUT2D eigenvalue weighted by atomic mass is 127. The summed E-state index contributed by atoms with van der Waals surface area (Å²) in [7, 11) is 0. The fourth-order valence-electron chi connectivity index (χ4n) is 1.48. The maximum Gasteiger partial charge on any atom is 0.153 e. The lowest BCUT2D eigenvalue weighted by Gasteiger charge is -2.11. The van der Waals surface area contributed by atoms with Crippen molar-refractivity contribution in [3.63, 3.8) is 0 Å². The van der Waals surface area contributed by atoms with Gasteiger partial charge in [0, 0.05) is 6.07 Å². The van der Waals surface area contributed by atoms with E-state index in [2.05, 4.69) is 0 Å². The third-order valence-electron chi connectivity index (χ3n) is 2.41. The van der Waals surface area contributed by atoms with Gasteiger partial charge >= 0.3 is 0 Å². The van der Waals surface area contributed by atoms with E-state index < -0.39 is 5.82 Å². The molecular formula is C13H10F2INO. The topological polar surface area (TPSA) is 35.2 Å². The first-order chi connectivity index (χ1) is 8.47. The fraction of sp³-hybridized carbons (Fsp3) is 0.0769. The Bertz CT molecular complexity index is 602. The fourth-order valence-corrected chi connectivity index (χ4v) is 1.97. The van der Waals surface area contributed by atoms with Gasteiger partial charge in [-0.2, -0.15) is 0 Å². The van der Waals surface area contributed by atoms with Crippen LogP contribution < -0.4 is 10.5 Å². The molecule has 0 radical (unpaired) electrons. The zero-order chi connectivity index (χ0) is 13.3. The number of aryl methyl sites for hydroxylation is 1. The molecule has 0 aliphatic rings. The van der Waals surface area contributed by atoms with Crippen LogP contribution in [0.15, 0.2) is 30.3 Å². The van der Waals surface area contributed by atoms with E-state index in [4.69, 9.17) is 10.5 Å². The standard InChI is InChI=1S/C13H10F2INO/c1-7-4-8(14)2-3-12(7)18-13-5-9(15)10(16)6-11(13)17/h2-6H,17H2,1H3. The van der Waals surface area contributed by atoms with Crippen molar-refractivity contribution in [1.82, 2.24) is 0 Å². The Labute approximate surface area is 117 Å². The van der Waals surface area contributed by atoms with Gasteiger partial charge in [-0.25, -0.2) is 8.78 Å². The van der Waals surface area contributed by atoms with E-state index in [1.54, 1.807) is 6.92 Å². The Morgan fingerprint density at radius 3 is 2.50 bits per heavy atom. The molecule has 2 aromatic carbocycles. The van der Waals surface area contributed by atoms with Crippen LogP contribution in [0.1, 0.15) is 5.56 Å². The Morgan fingerprint density at radius 1 is 1.11 bits per heavy atom. The third kappa shape index (κ3) is 2.72. The molecule has 2 rings (SSSR count). The van der Waals surface area contributed by atoms with E-state index in [1.165, 1.54) is 30.3 Å². The zero-order valence-electron chi connectivity index (χ0n) is 9.51. The minimum absolute atomic E-state index is 0.225. The summed E-state index contributed by atoms with van der Waals surface area (Å²) in [6, 6.07) is 6.82. The van der Waals surface area contributed by atoms with Gasteiger partial charge in [0.2, 0.25) is 0 Å². The predicted octanol–water partition coefficient (Wildman–Crippen LogP) is 4.25. The number of anilines is 1. The Balaban J connectivity index is 2.37. The number of hydrogen-bond acceptors (Lipinski definition) is 2. The van der Waals surface area contributed by atoms with Crippen molar-refractivity contribution in [3.8, 4) is 11.5 Å². The molecule has 0 fully saturated rings. The Kier molecular flexibility index (Phi) is 3.70. The molecule has 5 heteroatoms. The van der Waals surface area contributed by atoms with Crippen molar-refractivity contribution in [2.45, 2.75) is 6.92 Å². The quantitative estimate of drug-likeness (QED) is 0.641. The number of benzene rings is 2. The predicted molar refractivity (Wildman–Crippen MR) is 74.7 cm³/mol. The monoisotopic (exact) mass is 361 g/mol. The summed E-state index contributed by atoms with van der Waals surface area (Å²) in [6.07, 6.45) is 0. The SMILES string of the molecule is Cc1cc(F)ccc1Oc1cc(F)c(I)cc1N. The average molecular weight is 361 g/mol. The summed E-state index contributed by atoms with van der Waals surface area (Å²) in [5, 5.41) is 0. The van der Waals surface area contributed by atoms with Crippen molar-refractivity contribution >= 4 is 28.3 Å². The van der Waals surface area contributed by atoms with Crippen LogP contribution >= 0.6 is 22.6 Å². The van der Waals surface area contributed by atoms with Crippen LogP contribution in [0.5, 0.6) is 11.5 Å². The van der Waals surface area contributed by atoms with Crippen LogP contribution in [0, 0.1) is 22.1 Å². The van der Waals surface area contributed by atoms with Crippen molar-refractivity contribution < 1.29 is 13.5 Å². The lowest BCUT2D eigenvalue weighted by Crippen LogP contribution is -1.96. The molecule has 0 spiro atoms. The molecule has 0 saturated carbocycles. The summed E-state index contributed by atoms with van der Waals surface area (Å²) >= 11 is 1.85. The largest absolute Gasteiger partial charge is 0.455 e. The highest BCUT2D eigenvalue weighted by Gasteiger charge is 2.09. The summed E-state index contributed by atoms with van der Waals surface area (Å²) in [5.41, 5.74) is 6.70. The lowest BCUT2D eigenvalue weighted by molar-refractivity contribution is 0.473. The molecule has 0 aliphatic carbocycles. The second-order valence-corrected chi connectivity index (χ2v) is 4.98. The van der Waals surface area contributed by atoms with Crippen LogP contribution in [0.3, 0.4) is 0 Å². The van der Waals surface area contributed by atoms with E-state index in [0.29, 0.717) is 20.6 Å². The Hall–Kier alpha value is -1.37. The number of halogens is 3. The highest BCUT2D eigenvalue weighted by molar-refractivity contribution is 14.1. The van der Waals surface area contributed by atoms with Gasteiger partial charge in [0.1, 0.15) is 17.4 Å². The molecule has 0 unspecified atom stereocenters. The number of nitrogen functional groups attached to an aromatic ring is 1. The average Bonchev–Trinajstić information content (AvgIpc) is 2.29. The minimum atomic E-state index is -0.403. The molecule has 0 bridgehead atoms. The smallest absolute Gasteiger partial charge is 0.153 e. The first-order valence-electron chi connectivity index (χ1n) is 5.16. The normalized spacial score (nSPS) is 10.4. The van der Waals surface area contributed by atoms with Gasteiger partial charge in [-0.15, -0.1) is 0 Å². The van der Waals surface area contributed by atoms with Gasteiger partial charge in [0.25, 0.3) is 0 Å². The zero-order valence-corrected chi connectivity index (χ0v) is 11.7. The van der Waals surface area contributed by atoms with Crippen LogP contribution in [-0.2, 0) is 0 Å². The number of hydrogen-bond donors (Lipinski definition) is 1. The molecule has 94 valence electrons. The van der Waals surface area contributed by atoms with Crippen molar-refractivity contribution in [2.75, 3.05) is 5.73 Å². The van der Waals surface area contributed by atoms with Crippen LogP contribution in [0.2, 0.25) is 0 Å². The lowest BCUT2D eigenvalue weighted by atomic mass is 10.2. The van der Waals surface area contributed by atoms with E-state index in [-0.39, 0.29) is 11.6 Å². The molecule has 0 aromatic heterocycles. The molecule has 0 aliphatic heterocycles. The third-order valence-corrected chi connectivity index (χ3v) is 3.24. The molecule has 18 heavy (non-hydrogen) atoms. The molecule has 2 nitrogen and oxygen atoms in total. The van der Waals surface area contributed by atoms with E-state index >= 15 is 0 Å². The number of nitrogens with two attached hydrogens (primary N) is 1. The van der Waals surface area contributed by atoms with Crippen LogP contribution in [0.4, 0.5) is 14.5 Å². The molecule has 0 saturated heterocycles. The van der Waals surface area contributed by atoms with Crippen molar-refractivity contribution in [1.29, 1.82) is 0 Å². The van der Waals surface area contributed by atoms with Crippen molar-refractivity contribution in [3.05, 3.63) is 51.1 Å². The maximum atomic E-state index is 13.4. The van der Waals surface area contributed by atoms with Crippen LogP contribution in [0.25, 0.3) is 0 Å². The van der Waals surface area contributed by atoms with E-state index in [0.717, 1.165) is 0 Å². The van der Waals surface area contributed by atoms with E-state index in [9.17, 15) is 8.78 Å². The Morgan fingerprint density at radius 2 is 1.83 bits per heavy atom. The molecule has 0 atom stereocenters. The molecule has 0 amide bonds. The van der Waals surface area contributed by atoms with Gasteiger partial charge in [-0.3, -0.25) is 0 Å². The van der Waals surface area contributed by atoms with Gasteiger partial charge in [0.15, 0.2) is 5.75 Å². The number of ether oxygens (including phenoxy) is 1.